The first-order chi connectivity index (χ1) is 24.9. The van der Waals surface area contributed by atoms with Gasteiger partial charge in [-0.2, -0.15) is 0 Å². The first kappa shape index (κ1) is 40.8. The van der Waals surface area contributed by atoms with E-state index in [4.69, 9.17) is 11.5 Å². The van der Waals surface area contributed by atoms with Gasteiger partial charge in [-0.15, -0.1) is 0 Å². The van der Waals surface area contributed by atoms with Crippen molar-refractivity contribution in [1.29, 1.82) is 0 Å². The number of nitrogens with one attached hydrogen (secondary N) is 2. The van der Waals surface area contributed by atoms with Crippen LogP contribution in [-0.2, 0) is 35.8 Å². The summed E-state index contributed by atoms with van der Waals surface area (Å²) in [5.74, 6) is -3.16. The highest BCUT2D eigenvalue weighted by Gasteiger charge is 2.44. The molecule has 1 saturated carbocycles. The fraction of sp³-hybridized carbons (Fsp3) is 0.585. The molecule has 284 valence electrons. The summed E-state index contributed by atoms with van der Waals surface area (Å²) in [6.45, 7) is 5.67. The minimum atomic E-state index is -1.37. The Hall–Kier alpha value is -3.93. The Kier molecular flexibility index (Phi) is 15.1. The van der Waals surface area contributed by atoms with Gasteiger partial charge < -0.3 is 32.1 Å². The highest BCUT2D eigenvalue weighted by molar-refractivity contribution is 5.94. The third kappa shape index (κ3) is 11.8. The molecule has 11 nitrogen and oxygen atoms in total. The average Bonchev–Trinajstić information content (AvgIpc) is 3.92. The third-order valence-corrected chi connectivity index (χ3v) is 10.8. The summed E-state index contributed by atoms with van der Waals surface area (Å²) in [5.41, 5.74) is 12.7. The number of Topliss-reactive ketones (excluding diaryl/α,β-unsaturated/α-hetero) is 2. The van der Waals surface area contributed by atoms with Crippen molar-refractivity contribution < 1.29 is 29.1 Å². The molecule has 52 heavy (non-hydrogen) atoms. The number of carboxylic acid groups (broad SMARTS) is 1. The van der Waals surface area contributed by atoms with E-state index < -0.39 is 29.4 Å². The molecule has 0 unspecified atom stereocenters. The molecule has 4 rings (SSSR count). The second-order valence-electron chi connectivity index (χ2n) is 15.5. The molecule has 2 aliphatic rings. The third-order valence-electron chi connectivity index (χ3n) is 10.8. The van der Waals surface area contributed by atoms with Crippen LogP contribution < -0.4 is 22.1 Å². The van der Waals surface area contributed by atoms with Gasteiger partial charge in [0.2, 0.25) is 11.8 Å². The van der Waals surface area contributed by atoms with Gasteiger partial charge in [-0.1, -0.05) is 80.9 Å². The Morgan fingerprint density at radius 3 is 2.08 bits per heavy atom. The van der Waals surface area contributed by atoms with Crippen LogP contribution in [0.5, 0.6) is 0 Å². The summed E-state index contributed by atoms with van der Waals surface area (Å²) in [7, 11) is 0. The zero-order valence-electron chi connectivity index (χ0n) is 31.0. The largest absolute Gasteiger partial charge is 0.480 e. The number of carboxylic acids is 1. The highest BCUT2D eigenvalue weighted by Crippen LogP contribution is 2.47. The number of nitrogens with zero attached hydrogens (tertiary/aromatic N) is 1. The first-order valence-corrected chi connectivity index (χ1v) is 19.0. The van der Waals surface area contributed by atoms with E-state index in [0.717, 1.165) is 18.4 Å². The number of nitrogens with two attached hydrogens (primary N) is 2. The fourth-order valence-corrected chi connectivity index (χ4v) is 7.32. The zero-order valence-corrected chi connectivity index (χ0v) is 31.0. The van der Waals surface area contributed by atoms with Crippen LogP contribution in [0.4, 0.5) is 0 Å². The molecule has 0 spiro atoms. The van der Waals surface area contributed by atoms with Crippen LogP contribution >= 0.6 is 0 Å². The van der Waals surface area contributed by atoms with Crippen molar-refractivity contribution in [2.45, 2.75) is 101 Å². The SMILES string of the molecule is CC(C)C[C@@H](NC(=O)[C@H](CC(=O)CNCC1(c2ccccc2)CC1)Cc1ccccc1)C(=O)C[C@H](CCCCN)C(=O)N1CCC(N)(C(=O)O)CC1. The number of ketones is 2. The number of hydrogen-bond donors (Lipinski definition) is 5. The van der Waals surface area contributed by atoms with Gasteiger partial charge in [0.05, 0.1) is 12.6 Å². The van der Waals surface area contributed by atoms with Gasteiger partial charge in [0, 0.05) is 49.7 Å². The van der Waals surface area contributed by atoms with E-state index in [-0.39, 0.29) is 80.0 Å². The molecule has 0 radical (unpaired) electrons. The number of benzene rings is 2. The maximum absolute atomic E-state index is 14.0. The molecule has 2 fully saturated rings. The van der Waals surface area contributed by atoms with Crippen molar-refractivity contribution in [3.05, 3.63) is 71.8 Å². The number of carbonyl (C=O) groups is 5. The fourth-order valence-electron chi connectivity index (χ4n) is 7.32. The Morgan fingerprint density at radius 1 is 0.865 bits per heavy atom. The number of amides is 2. The molecule has 1 heterocycles. The van der Waals surface area contributed by atoms with Gasteiger partial charge in [-0.3, -0.25) is 24.0 Å². The number of unbranched alkanes of at least 4 members (excludes halogenated alkanes) is 1. The van der Waals surface area contributed by atoms with E-state index in [2.05, 4.69) is 22.8 Å². The number of likely N-dealkylation sites (tertiary alicyclic amines) is 1. The standard InChI is InChI=1S/C41H59N5O6/c1-29(2)23-35(36(48)26-31(13-9-10-20-42)38(50)46-21-18-41(43,19-22-46)39(51)52)45-37(49)32(24-30-11-5-3-6-12-30)25-34(47)27-44-28-40(16-17-40)33-14-7-4-8-15-33/h3-8,11-12,14-15,29,31-32,35,44H,9-10,13,16-28,42-43H2,1-2H3,(H,45,49)(H,51,52)/t31-,32-,35+/m0/s1. The van der Waals surface area contributed by atoms with Crippen molar-refractivity contribution >= 4 is 29.4 Å². The molecule has 3 atom stereocenters. The van der Waals surface area contributed by atoms with Crippen LogP contribution in [0.3, 0.4) is 0 Å². The van der Waals surface area contributed by atoms with Crippen molar-refractivity contribution in [2.75, 3.05) is 32.7 Å². The predicted octanol–water partition coefficient (Wildman–Crippen LogP) is 3.77. The van der Waals surface area contributed by atoms with Crippen LogP contribution in [-0.4, -0.2) is 83.7 Å². The molecular formula is C41H59N5O6. The molecule has 2 amide bonds. The summed E-state index contributed by atoms with van der Waals surface area (Å²) in [6.07, 6.45) is 4.94. The summed E-state index contributed by atoms with van der Waals surface area (Å²) in [5, 5.41) is 15.9. The lowest BCUT2D eigenvalue weighted by Crippen LogP contribution is -2.57. The van der Waals surface area contributed by atoms with Crippen molar-refractivity contribution in [1.82, 2.24) is 15.5 Å². The molecule has 0 aromatic heterocycles. The number of hydrogen-bond acceptors (Lipinski definition) is 8. The summed E-state index contributed by atoms with van der Waals surface area (Å²) < 4.78 is 0. The van der Waals surface area contributed by atoms with E-state index in [1.54, 1.807) is 4.90 Å². The molecular weight excluding hydrogens is 658 g/mol. The average molecular weight is 718 g/mol. The second kappa shape index (κ2) is 19.2. The lowest BCUT2D eigenvalue weighted by Gasteiger charge is -2.38. The Labute approximate surface area is 308 Å². The summed E-state index contributed by atoms with van der Waals surface area (Å²) in [4.78, 5) is 68.4. The Bertz CT molecular complexity index is 1490. The van der Waals surface area contributed by atoms with Crippen molar-refractivity contribution in [3.8, 4) is 0 Å². The quantitative estimate of drug-likeness (QED) is 0.113. The van der Waals surface area contributed by atoms with Gasteiger partial charge in [-0.05, 0) is 75.0 Å². The predicted molar refractivity (Wildman–Crippen MR) is 201 cm³/mol. The Morgan fingerprint density at radius 2 is 1.50 bits per heavy atom. The van der Waals surface area contributed by atoms with Crippen LogP contribution in [0.2, 0.25) is 0 Å². The van der Waals surface area contributed by atoms with E-state index in [1.807, 2.05) is 62.4 Å². The molecule has 0 bridgehead atoms. The van der Waals surface area contributed by atoms with Gasteiger partial charge >= 0.3 is 5.97 Å². The molecule has 2 aromatic carbocycles. The first-order valence-electron chi connectivity index (χ1n) is 19.0. The smallest absolute Gasteiger partial charge is 0.323 e. The van der Waals surface area contributed by atoms with Gasteiger partial charge in [0.25, 0.3) is 0 Å². The van der Waals surface area contributed by atoms with E-state index in [1.165, 1.54) is 5.56 Å². The number of carbonyl (C=O) groups excluding carboxylic acids is 4. The summed E-state index contributed by atoms with van der Waals surface area (Å²) >= 11 is 0. The molecule has 7 N–H and O–H groups in total. The normalized spacial score (nSPS) is 17.9. The van der Waals surface area contributed by atoms with E-state index >= 15 is 0 Å². The topological polar surface area (TPSA) is 185 Å². The summed E-state index contributed by atoms with van der Waals surface area (Å²) in [6, 6.07) is 19.1. The molecule has 1 saturated heterocycles. The van der Waals surface area contributed by atoms with Crippen LogP contribution in [0, 0.1) is 17.8 Å². The molecule has 1 aliphatic carbocycles. The van der Waals surface area contributed by atoms with Crippen LogP contribution in [0.1, 0.15) is 89.2 Å². The maximum Gasteiger partial charge on any atom is 0.323 e. The second-order valence-corrected chi connectivity index (χ2v) is 15.5. The van der Waals surface area contributed by atoms with E-state index in [9.17, 15) is 29.1 Å². The molecule has 1 aliphatic heterocycles. The highest BCUT2D eigenvalue weighted by atomic mass is 16.4. The van der Waals surface area contributed by atoms with Crippen molar-refractivity contribution in [2.24, 2.45) is 29.2 Å². The maximum atomic E-state index is 14.0. The molecule has 2 aromatic rings. The van der Waals surface area contributed by atoms with Crippen LogP contribution in [0.25, 0.3) is 0 Å². The van der Waals surface area contributed by atoms with Gasteiger partial charge in [-0.25, -0.2) is 0 Å². The van der Waals surface area contributed by atoms with Crippen LogP contribution in [0.15, 0.2) is 60.7 Å². The monoisotopic (exact) mass is 717 g/mol. The lowest BCUT2D eigenvalue weighted by atomic mass is 9.86. The van der Waals surface area contributed by atoms with Gasteiger partial charge in [0.1, 0.15) is 11.3 Å². The lowest BCUT2D eigenvalue weighted by molar-refractivity contribution is -0.149. The Balaban J connectivity index is 1.42. The minimum absolute atomic E-state index is 0.0305. The van der Waals surface area contributed by atoms with Gasteiger partial charge in [0.15, 0.2) is 5.78 Å². The van der Waals surface area contributed by atoms with E-state index in [0.29, 0.717) is 45.2 Å². The van der Waals surface area contributed by atoms with Crippen molar-refractivity contribution in [3.63, 3.8) is 0 Å². The number of piperidine rings is 1. The number of aliphatic carboxylic acids is 1. The molecule has 11 heteroatoms. The number of rotatable bonds is 22. The zero-order chi connectivity index (χ0) is 37.7. The minimum Gasteiger partial charge on any atom is -0.480 e.